The molecule has 0 bridgehead atoms. The molecule has 3 amide bonds. The van der Waals surface area contributed by atoms with E-state index in [4.69, 9.17) is 0 Å². The number of aromatic nitrogens is 2. The molecule has 2 aromatic rings. The SMILES string of the molecule is CCN(C)C(=O)c1cc(S(=O)(=O)NC(=O)Nc2c(C(C)C)cccc2C(C)C)nn1C. The van der Waals surface area contributed by atoms with Gasteiger partial charge in [0.05, 0.1) is 0 Å². The molecule has 1 aromatic heterocycles. The smallest absolute Gasteiger partial charge is 0.333 e. The molecule has 0 aliphatic carbocycles. The lowest BCUT2D eigenvalue weighted by molar-refractivity contribution is 0.0791. The maximum Gasteiger partial charge on any atom is 0.333 e. The summed E-state index contributed by atoms with van der Waals surface area (Å²) in [6, 6.07) is 6.00. The number of rotatable bonds is 7. The molecular formula is C21H31N5O4S. The van der Waals surface area contributed by atoms with Gasteiger partial charge in [-0.3, -0.25) is 9.48 Å². The van der Waals surface area contributed by atoms with Crippen LogP contribution in [0.15, 0.2) is 29.3 Å². The van der Waals surface area contributed by atoms with Crippen LogP contribution in [0.4, 0.5) is 10.5 Å². The van der Waals surface area contributed by atoms with Gasteiger partial charge in [0.15, 0.2) is 5.03 Å². The summed E-state index contributed by atoms with van der Waals surface area (Å²) in [4.78, 5) is 26.4. The Kier molecular flexibility index (Phi) is 7.48. The summed E-state index contributed by atoms with van der Waals surface area (Å²) in [6.45, 7) is 10.3. The largest absolute Gasteiger partial charge is 0.341 e. The van der Waals surface area contributed by atoms with Crippen LogP contribution in [0.2, 0.25) is 0 Å². The molecule has 0 saturated heterocycles. The summed E-state index contributed by atoms with van der Waals surface area (Å²) in [6.07, 6.45) is 0. The van der Waals surface area contributed by atoms with Crippen molar-refractivity contribution in [2.45, 2.75) is 51.5 Å². The molecule has 2 N–H and O–H groups in total. The number of hydrogen-bond donors (Lipinski definition) is 2. The number of para-hydroxylation sites is 1. The first-order chi connectivity index (χ1) is 14.4. The Morgan fingerprint density at radius 2 is 1.68 bits per heavy atom. The summed E-state index contributed by atoms with van der Waals surface area (Å²) in [5, 5.41) is 6.21. The zero-order valence-corrected chi connectivity index (χ0v) is 19.9. The molecule has 1 aromatic carbocycles. The monoisotopic (exact) mass is 449 g/mol. The normalized spacial score (nSPS) is 11.6. The minimum absolute atomic E-state index is 0.109. The number of sulfonamides is 1. The summed E-state index contributed by atoms with van der Waals surface area (Å²) < 4.78 is 28.6. The summed E-state index contributed by atoms with van der Waals surface area (Å²) >= 11 is 0. The van der Waals surface area contributed by atoms with Gasteiger partial charge in [0.25, 0.3) is 15.9 Å². The van der Waals surface area contributed by atoms with Crippen LogP contribution in [0.3, 0.4) is 0 Å². The van der Waals surface area contributed by atoms with E-state index < -0.39 is 21.1 Å². The molecule has 0 unspecified atom stereocenters. The molecule has 0 saturated carbocycles. The van der Waals surface area contributed by atoms with E-state index >= 15 is 0 Å². The van der Waals surface area contributed by atoms with Gasteiger partial charge in [0.1, 0.15) is 5.69 Å². The van der Waals surface area contributed by atoms with E-state index in [0.717, 1.165) is 17.2 Å². The van der Waals surface area contributed by atoms with Gasteiger partial charge in [0.2, 0.25) is 0 Å². The molecular weight excluding hydrogens is 418 g/mol. The average Bonchev–Trinajstić information content (AvgIpc) is 3.08. The third-order valence-corrected chi connectivity index (χ3v) is 6.22. The quantitative estimate of drug-likeness (QED) is 0.673. The van der Waals surface area contributed by atoms with Gasteiger partial charge >= 0.3 is 6.03 Å². The molecule has 10 heteroatoms. The number of nitrogens with zero attached hydrogens (tertiary/aromatic N) is 3. The molecule has 0 aliphatic rings. The maximum absolute atomic E-state index is 12.7. The first-order valence-electron chi connectivity index (χ1n) is 10.1. The second kappa shape index (κ2) is 9.51. The van der Waals surface area contributed by atoms with Gasteiger partial charge in [-0.2, -0.15) is 13.5 Å². The van der Waals surface area contributed by atoms with Crippen molar-refractivity contribution >= 4 is 27.6 Å². The molecule has 0 spiro atoms. The Morgan fingerprint density at radius 3 is 2.16 bits per heavy atom. The molecule has 9 nitrogen and oxygen atoms in total. The maximum atomic E-state index is 12.7. The molecule has 170 valence electrons. The second-order valence-electron chi connectivity index (χ2n) is 7.99. The number of benzene rings is 1. The lowest BCUT2D eigenvalue weighted by atomic mass is 9.93. The van der Waals surface area contributed by atoms with Crippen LogP contribution in [0.1, 0.15) is 68.1 Å². The van der Waals surface area contributed by atoms with E-state index in [-0.39, 0.29) is 23.4 Å². The molecule has 2 rings (SSSR count). The van der Waals surface area contributed by atoms with Crippen LogP contribution in [-0.4, -0.2) is 48.6 Å². The van der Waals surface area contributed by atoms with E-state index in [2.05, 4.69) is 10.4 Å². The van der Waals surface area contributed by atoms with Crippen molar-refractivity contribution in [1.82, 2.24) is 19.4 Å². The van der Waals surface area contributed by atoms with Gasteiger partial charge in [-0.15, -0.1) is 0 Å². The number of aryl methyl sites for hydroxylation is 1. The third-order valence-electron chi connectivity index (χ3n) is 5.01. The minimum atomic E-state index is -4.28. The Balaban J connectivity index is 2.30. The van der Waals surface area contributed by atoms with Crippen LogP contribution in [0.5, 0.6) is 0 Å². The number of carbonyl (C=O) groups is 2. The van der Waals surface area contributed by atoms with Crippen molar-refractivity contribution in [2.75, 3.05) is 18.9 Å². The van der Waals surface area contributed by atoms with Gasteiger partial charge in [-0.25, -0.2) is 9.52 Å². The fourth-order valence-corrected chi connectivity index (χ4v) is 4.02. The Morgan fingerprint density at radius 1 is 1.13 bits per heavy atom. The van der Waals surface area contributed by atoms with E-state index in [1.807, 2.05) is 50.6 Å². The van der Waals surface area contributed by atoms with Crippen LogP contribution < -0.4 is 10.0 Å². The Labute approximate surface area is 183 Å². The zero-order chi connectivity index (χ0) is 23.5. The van der Waals surface area contributed by atoms with Crippen molar-refractivity contribution in [3.63, 3.8) is 0 Å². The number of amides is 3. The zero-order valence-electron chi connectivity index (χ0n) is 19.1. The van der Waals surface area contributed by atoms with Gasteiger partial charge in [-0.1, -0.05) is 45.9 Å². The summed E-state index contributed by atoms with van der Waals surface area (Å²) in [5.74, 6) is -0.105. The first-order valence-corrected chi connectivity index (χ1v) is 11.6. The molecule has 0 atom stereocenters. The lowest BCUT2D eigenvalue weighted by Crippen LogP contribution is -2.35. The number of nitrogens with one attached hydrogen (secondary N) is 2. The molecule has 1 heterocycles. The van der Waals surface area contributed by atoms with Gasteiger partial charge in [0, 0.05) is 32.4 Å². The van der Waals surface area contributed by atoms with Gasteiger partial charge < -0.3 is 10.2 Å². The van der Waals surface area contributed by atoms with Crippen LogP contribution in [-0.2, 0) is 17.1 Å². The average molecular weight is 450 g/mol. The number of carbonyl (C=O) groups excluding carboxylic acids is 2. The highest BCUT2D eigenvalue weighted by Gasteiger charge is 2.26. The summed E-state index contributed by atoms with van der Waals surface area (Å²) in [7, 11) is -1.20. The topological polar surface area (TPSA) is 113 Å². The van der Waals surface area contributed by atoms with Crippen molar-refractivity contribution in [2.24, 2.45) is 7.05 Å². The van der Waals surface area contributed by atoms with E-state index in [1.54, 1.807) is 14.0 Å². The van der Waals surface area contributed by atoms with Crippen molar-refractivity contribution in [3.8, 4) is 0 Å². The second-order valence-corrected chi connectivity index (χ2v) is 9.62. The molecule has 0 fully saturated rings. The highest BCUT2D eigenvalue weighted by atomic mass is 32.2. The minimum Gasteiger partial charge on any atom is -0.341 e. The molecule has 0 aliphatic heterocycles. The van der Waals surface area contributed by atoms with E-state index in [0.29, 0.717) is 12.2 Å². The predicted octanol–water partition coefficient (Wildman–Crippen LogP) is 3.27. The third kappa shape index (κ3) is 5.43. The lowest BCUT2D eigenvalue weighted by Gasteiger charge is -2.20. The first kappa shape index (κ1) is 24.4. The van der Waals surface area contributed by atoms with Crippen molar-refractivity contribution < 1.29 is 18.0 Å². The number of anilines is 1. The highest BCUT2D eigenvalue weighted by molar-refractivity contribution is 7.90. The molecule has 31 heavy (non-hydrogen) atoms. The Bertz CT molecular complexity index is 1050. The predicted molar refractivity (Wildman–Crippen MR) is 120 cm³/mol. The standard InChI is InChI=1S/C21H31N5O4S/c1-8-25(6)20(27)17-12-18(23-26(17)7)31(29,30)24-21(28)22-19-15(13(2)3)10-9-11-16(19)14(4)5/h9-14H,8H2,1-7H3,(H2,22,24,28). The van der Waals surface area contributed by atoms with Crippen LogP contribution in [0, 0.1) is 0 Å². The van der Waals surface area contributed by atoms with Crippen LogP contribution >= 0.6 is 0 Å². The van der Waals surface area contributed by atoms with Crippen molar-refractivity contribution in [3.05, 3.63) is 41.1 Å². The number of urea groups is 1. The number of hydrogen-bond acceptors (Lipinski definition) is 5. The highest BCUT2D eigenvalue weighted by Crippen LogP contribution is 2.32. The fraction of sp³-hybridized carbons (Fsp3) is 0.476. The van der Waals surface area contributed by atoms with Crippen LogP contribution in [0.25, 0.3) is 0 Å². The summed E-state index contributed by atoms with van der Waals surface area (Å²) in [5.41, 5.74) is 2.53. The van der Waals surface area contributed by atoms with Crippen molar-refractivity contribution in [1.29, 1.82) is 0 Å². The van der Waals surface area contributed by atoms with E-state index in [9.17, 15) is 18.0 Å². The van der Waals surface area contributed by atoms with Gasteiger partial charge in [-0.05, 0) is 29.9 Å². The van der Waals surface area contributed by atoms with E-state index in [1.165, 1.54) is 16.6 Å². The molecule has 0 radical (unpaired) electrons. The Hall–Kier alpha value is -2.88. The fourth-order valence-electron chi connectivity index (χ4n) is 3.12.